The molecule has 24 heavy (non-hydrogen) atoms. The van der Waals surface area contributed by atoms with E-state index < -0.39 is 10.0 Å². The highest BCUT2D eigenvalue weighted by Crippen LogP contribution is 2.21. The van der Waals surface area contributed by atoms with Crippen LogP contribution >= 0.6 is 15.9 Å². The van der Waals surface area contributed by atoms with Gasteiger partial charge in [-0.2, -0.15) is 4.31 Å². The Morgan fingerprint density at radius 3 is 2.50 bits per heavy atom. The lowest BCUT2D eigenvalue weighted by Gasteiger charge is -2.16. The third kappa shape index (κ3) is 3.45. The standard InChI is InChI=1S/C16H16BrFN2O3S/c17-15-9-13(18)4-3-12(15)10-19-11-14(5-6-16(19)21)24(22,23)20-7-1-2-8-20/h3-6,9,11H,1-2,7-8,10H2. The molecule has 0 aliphatic carbocycles. The van der Waals surface area contributed by atoms with Gasteiger partial charge in [-0.3, -0.25) is 4.79 Å². The van der Waals surface area contributed by atoms with Crippen molar-refractivity contribution in [3.8, 4) is 0 Å². The number of aromatic nitrogens is 1. The number of hydrogen-bond donors (Lipinski definition) is 0. The minimum Gasteiger partial charge on any atom is -0.310 e. The normalized spacial score (nSPS) is 15.8. The van der Waals surface area contributed by atoms with Crippen molar-refractivity contribution in [3.63, 3.8) is 0 Å². The van der Waals surface area contributed by atoms with Gasteiger partial charge in [0.1, 0.15) is 5.82 Å². The van der Waals surface area contributed by atoms with Gasteiger partial charge in [0.15, 0.2) is 0 Å². The van der Waals surface area contributed by atoms with E-state index in [-0.39, 0.29) is 22.8 Å². The summed E-state index contributed by atoms with van der Waals surface area (Å²) in [7, 11) is -3.59. The van der Waals surface area contributed by atoms with Gasteiger partial charge in [0.05, 0.1) is 11.4 Å². The fraction of sp³-hybridized carbons (Fsp3) is 0.312. The molecule has 1 aromatic carbocycles. The number of halogens is 2. The first kappa shape index (κ1) is 17.3. The van der Waals surface area contributed by atoms with Gasteiger partial charge >= 0.3 is 0 Å². The number of nitrogens with zero attached hydrogens (tertiary/aromatic N) is 2. The third-order valence-electron chi connectivity index (χ3n) is 4.01. The summed E-state index contributed by atoms with van der Waals surface area (Å²) in [5, 5.41) is 0. The largest absolute Gasteiger partial charge is 0.310 e. The van der Waals surface area contributed by atoms with Gasteiger partial charge in [0, 0.05) is 29.8 Å². The average molecular weight is 415 g/mol. The molecule has 2 heterocycles. The van der Waals surface area contributed by atoms with E-state index in [4.69, 9.17) is 0 Å². The Kier molecular flexibility index (Phi) is 4.89. The Hall–Kier alpha value is -1.51. The average Bonchev–Trinajstić information content (AvgIpc) is 3.07. The van der Waals surface area contributed by atoms with Crippen molar-refractivity contribution in [2.24, 2.45) is 0 Å². The van der Waals surface area contributed by atoms with Gasteiger partial charge in [-0.1, -0.05) is 22.0 Å². The zero-order valence-electron chi connectivity index (χ0n) is 12.8. The molecule has 1 aliphatic heterocycles. The molecule has 0 atom stereocenters. The van der Waals surface area contributed by atoms with Crippen molar-refractivity contribution in [1.29, 1.82) is 0 Å². The molecule has 5 nitrogen and oxygen atoms in total. The summed E-state index contributed by atoms with van der Waals surface area (Å²) < 4.78 is 41.7. The highest BCUT2D eigenvalue weighted by molar-refractivity contribution is 9.10. The molecule has 0 spiro atoms. The van der Waals surface area contributed by atoms with E-state index in [1.807, 2.05) is 0 Å². The Morgan fingerprint density at radius 2 is 1.83 bits per heavy atom. The quantitative estimate of drug-likeness (QED) is 0.772. The number of benzene rings is 1. The SMILES string of the molecule is O=c1ccc(S(=O)(=O)N2CCCC2)cn1Cc1ccc(F)cc1Br. The van der Waals surface area contributed by atoms with Gasteiger partial charge in [-0.25, -0.2) is 12.8 Å². The molecule has 8 heteroatoms. The van der Waals surface area contributed by atoms with Crippen molar-refractivity contribution in [2.45, 2.75) is 24.3 Å². The first-order chi connectivity index (χ1) is 11.4. The van der Waals surface area contributed by atoms with Crippen molar-refractivity contribution in [1.82, 2.24) is 8.87 Å². The van der Waals surface area contributed by atoms with E-state index >= 15 is 0 Å². The molecule has 0 radical (unpaired) electrons. The van der Waals surface area contributed by atoms with Gasteiger partial charge in [-0.05, 0) is 36.6 Å². The minimum atomic E-state index is -3.59. The smallest absolute Gasteiger partial charge is 0.250 e. The lowest BCUT2D eigenvalue weighted by atomic mass is 10.2. The van der Waals surface area contributed by atoms with Crippen LogP contribution in [0.1, 0.15) is 18.4 Å². The van der Waals surface area contributed by atoms with Crippen LogP contribution in [0.15, 0.2) is 50.7 Å². The predicted octanol–water partition coefficient (Wildman–Crippen LogP) is 2.58. The minimum absolute atomic E-state index is 0.0993. The molecule has 0 N–H and O–H groups in total. The molecule has 0 unspecified atom stereocenters. The Balaban J connectivity index is 1.96. The molecule has 1 aliphatic rings. The monoisotopic (exact) mass is 414 g/mol. The van der Waals surface area contributed by atoms with Crippen LogP contribution in [0, 0.1) is 5.82 Å². The summed E-state index contributed by atoms with van der Waals surface area (Å²) in [6.45, 7) is 1.17. The molecule has 1 saturated heterocycles. The first-order valence-electron chi connectivity index (χ1n) is 7.52. The topological polar surface area (TPSA) is 59.4 Å². The van der Waals surface area contributed by atoms with Crippen molar-refractivity contribution in [3.05, 3.63) is 62.7 Å². The molecule has 3 rings (SSSR count). The summed E-state index contributed by atoms with van der Waals surface area (Å²) in [6, 6.07) is 6.77. The molecule has 0 saturated carbocycles. The maximum Gasteiger partial charge on any atom is 0.250 e. The molecule has 128 valence electrons. The van der Waals surface area contributed by atoms with Crippen molar-refractivity contribution >= 4 is 26.0 Å². The molecule has 0 bridgehead atoms. The highest BCUT2D eigenvalue weighted by Gasteiger charge is 2.27. The Bertz CT molecular complexity index is 921. The fourth-order valence-corrected chi connectivity index (χ4v) is 4.71. The summed E-state index contributed by atoms with van der Waals surface area (Å²) in [6.07, 6.45) is 3.05. The molecule has 2 aromatic rings. The van der Waals surface area contributed by atoms with Gasteiger partial charge in [-0.15, -0.1) is 0 Å². The van der Waals surface area contributed by atoms with Crippen molar-refractivity contribution in [2.75, 3.05) is 13.1 Å². The fourth-order valence-electron chi connectivity index (χ4n) is 2.70. The number of hydrogen-bond acceptors (Lipinski definition) is 3. The number of sulfonamides is 1. The second-order valence-corrected chi connectivity index (χ2v) is 8.47. The zero-order valence-corrected chi connectivity index (χ0v) is 15.2. The van der Waals surface area contributed by atoms with Crippen LogP contribution in [0.3, 0.4) is 0 Å². The van der Waals surface area contributed by atoms with E-state index in [1.54, 1.807) is 6.07 Å². The predicted molar refractivity (Wildman–Crippen MR) is 91.9 cm³/mol. The maximum atomic E-state index is 13.2. The second-order valence-electron chi connectivity index (χ2n) is 5.68. The van der Waals surface area contributed by atoms with E-state index in [0.29, 0.717) is 23.1 Å². The van der Waals surface area contributed by atoms with Crippen LogP contribution in [0.2, 0.25) is 0 Å². The van der Waals surface area contributed by atoms with Gasteiger partial charge < -0.3 is 4.57 Å². The van der Waals surface area contributed by atoms with E-state index in [2.05, 4.69) is 15.9 Å². The number of rotatable bonds is 4. The summed E-state index contributed by atoms with van der Waals surface area (Å²) in [4.78, 5) is 12.2. The Labute approximate surface area is 147 Å². The first-order valence-corrected chi connectivity index (χ1v) is 9.76. The lowest BCUT2D eigenvalue weighted by molar-refractivity contribution is 0.476. The summed E-state index contributed by atoms with van der Waals surface area (Å²) >= 11 is 3.26. The Morgan fingerprint density at radius 1 is 1.12 bits per heavy atom. The summed E-state index contributed by atoms with van der Waals surface area (Å²) in [5.41, 5.74) is 0.376. The zero-order chi connectivity index (χ0) is 17.3. The highest BCUT2D eigenvalue weighted by atomic mass is 79.9. The lowest BCUT2D eigenvalue weighted by Crippen LogP contribution is -2.29. The van der Waals surface area contributed by atoms with E-state index in [0.717, 1.165) is 12.8 Å². The van der Waals surface area contributed by atoms with Crippen molar-refractivity contribution < 1.29 is 12.8 Å². The molecule has 1 fully saturated rings. The molecular weight excluding hydrogens is 399 g/mol. The van der Waals surface area contributed by atoms with E-state index in [1.165, 1.54) is 39.3 Å². The maximum absolute atomic E-state index is 13.2. The second kappa shape index (κ2) is 6.78. The van der Waals surface area contributed by atoms with Gasteiger partial charge in [0.2, 0.25) is 10.0 Å². The van der Waals surface area contributed by atoms with Crippen LogP contribution < -0.4 is 5.56 Å². The van der Waals surface area contributed by atoms with Crippen LogP contribution in [0.25, 0.3) is 0 Å². The van der Waals surface area contributed by atoms with Crippen LogP contribution in [-0.4, -0.2) is 30.4 Å². The molecule has 1 aromatic heterocycles. The van der Waals surface area contributed by atoms with Crippen LogP contribution in [0.4, 0.5) is 4.39 Å². The molecular formula is C16H16BrFN2O3S. The van der Waals surface area contributed by atoms with Gasteiger partial charge in [0.25, 0.3) is 5.56 Å². The summed E-state index contributed by atoms with van der Waals surface area (Å²) in [5.74, 6) is -0.386. The molecule has 0 amide bonds. The van der Waals surface area contributed by atoms with E-state index in [9.17, 15) is 17.6 Å². The third-order valence-corrected chi connectivity index (χ3v) is 6.64. The number of pyridine rings is 1. The van der Waals surface area contributed by atoms with Crippen LogP contribution in [-0.2, 0) is 16.6 Å². The van der Waals surface area contributed by atoms with Crippen LogP contribution in [0.5, 0.6) is 0 Å².